The predicted octanol–water partition coefficient (Wildman–Crippen LogP) is 6.22. The first-order valence-corrected chi connectivity index (χ1v) is 11.9. The van der Waals surface area contributed by atoms with Gasteiger partial charge in [0, 0.05) is 28.5 Å². The largest absolute Gasteiger partial charge is 0.322 e. The number of pyridine rings is 1. The van der Waals surface area contributed by atoms with E-state index in [1.165, 1.54) is 27.8 Å². The molecule has 0 saturated carbocycles. The van der Waals surface area contributed by atoms with Gasteiger partial charge in [-0.15, -0.1) is 0 Å². The SMILES string of the molecule is CCc1ccc[n+](Cc2ccc(NC(=O)C3=Cc4cc(-c5ccccc5)ccc4CC3)cc2)c1. The molecule has 3 nitrogen and oxygen atoms in total. The van der Waals surface area contributed by atoms with Gasteiger partial charge in [-0.25, -0.2) is 4.57 Å². The lowest BCUT2D eigenvalue weighted by atomic mass is 9.89. The lowest BCUT2D eigenvalue weighted by Crippen LogP contribution is -2.33. The zero-order valence-corrected chi connectivity index (χ0v) is 19.5. The smallest absolute Gasteiger partial charge is 0.251 e. The highest BCUT2D eigenvalue weighted by Gasteiger charge is 2.17. The monoisotopic (exact) mass is 445 g/mol. The number of nitrogens with one attached hydrogen (secondary N) is 1. The maximum atomic E-state index is 13.0. The number of amides is 1. The number of fused-ring (bicyclic) bond motifs is 1. The molecule has 1 aliphatic rings. The Morgan fingerprint density at radius 2 is 1.68 bits per heavy atom. The Bertz CT molecular complexity index is 1340. The molecule has 0 spiro atoms. The van der Waals surface area contributed by atoms with Crippen molar-refractivity contribution in [3.05, 3.63) is 125 Å². The van der Waals surface area contributed by atoms with E-state index in [-0.39, 0.29) is 5.91 Å². The van der Waals surface area contributed by atoms with Crippen LogP contribution in [0.2, 0.25) is 0 Å². The molecule has 0 saturated heterocycles. The molecule has 0 aliphatic heterocycles. The van der Waals surface area contributed by atoms with Gasteiger partial charge >= 0.3 is 0 Å². The van der Waals surface area contributed by atoms with Crippen LogP contribution in [0, 0.1) is 0 Å². The van der Waals surface area contributed by atoms with E-state index in [1.807, 2.05) is 24.3 Å². The number of nitrogens with zero attached hydrogens (tertiary/aromatic N) is 1. The van der Waals surface area contributed by atoms with E-state index >= 15 is 0 Å². The average molecular weight is 446 g/mol. The second-order valence-corrected chi connectivity index (χ2v) is 8.84. The molecule has 1 aromatic heterocycles. The summed E-state index contributed by atoms with van der Waals surface area (Å²) in [6.07, 6.45) is 8.99. The molecule has 4 aromatic rings. The molecule has 34 heavy (non-hydrogen) atoms. The van der Waals surface area contributed by atoms with Gasteiger partial charge in [-0.2, -0.15) is 0 Å². The van der Waals surface area contributed by atoms with Gasteiger partial charge < -0.3 is 5.32 Å². The maximum absolute atomic E-state index is 13.0. The first-order chi connectivity index (χ1) is 16.7. The van der Waals surface area contributed by atoms with E-state index in [9.17, 15) is 4.79 Å². The first kappa shape index (κ1) is 21.8. The lowest BCUT2D eigenvalue weighted by molar-refractivity contribution is -0.688. The van der Waals surface area contributed by atoms with Crippen molar-refractivity contribution < 1.29 is 9.36 Å². The van der Waals surface area contributed by atoms with Gasteiger partial charge in [-0.1, -0.05) is 61.5 Å². The number of carbonyl (C=O) groups is 1. The third-order valence-corrected chi connectivity index (χ3v) is 6.44. The molecule has 1 aliphatic carbocycles. The number of aromatic nitrogens is 1. The minimum Gasteiger partial charge on any atom is -0.322 e. The summed E-state index contributed by atoms with van der Waals surface area (Å²) in [5, 5.41) is 3.08. The maximum Gasteiger partial charge on any atom is 0.251 e. The molecule has 1 N–H and O–H groups in total. The van der Waals surface area contributed by atoms with Crippen molar-refractivity contribution in [3.63, 3.8) is 0 Å². The Hall–Kier alpha value is -3.98. The van der Waals surface area contributed by atoms with Crippen molar-refractivity contribution in [2.75, 3.05) is 5.32 Å². The van der Waals surface area contributed by atoms with E-state index in [2.05, 4.69) is 95.9 Å². The van der Waals surface area contributed by atoms with Crippen LogP contribution in [0.4, 0.5) is 5.69 Å². The molecule has 3 aromatic carbocycles. The predicted molar refractivity (Wildman–Crippen MR) is 138 cm³/mol. The normalized spacial score (nSPS) is 12.6. The van der Waals surface area contributed by atoms with Crippen LogP contribution in [0.5, 0.6) is 0 Å². The van der Waals surface area contributed by atoms with Crippen LogP contribution in [0.25, 0.3) is 17.2 Å². The molecule has 0 atom stereocenters. The molecule has 0 radical (unpaired) electrons. The summed E-state index contributed by atoms with van der Waals surface area (Å²) in [6, 6.07) is 29.3. The quantitative estimate of drug-likeness (QED) is 0.351. The summed E-state index contributed by atoms with van der Waals surface area (Å²) < 4.78 is 2.19. The van der Waals surface area contributed by atoms with Crippen molar-refractivity contribution in [1.29, 1.82) is 0 Å². The zero-order chi connectivity index (χ0) is 23.3. The number of benzene rings is 3. The number of hydrogen-bond acceptors (Lipinski definition) is 1. The second kappa shape index (κ2) is 9.88. The molecule has 3 heteroatoms. The van der Waals surface area contributed by atoms with E-state index in [4.69, 9.17) is 0 Å². The number of carbonyl (C=O) groups excluding carboxylic acids is 1. The summed E-state index contributed by atoms with van der Waals surface area (Å²) in [5.41, 5.74) is 8.98. The number of aryl methyl sites for hydroxylation is 2. The molecular formula is C31H29N2O+. The van der Waals surface area contributed by atoms with Crippen molar-refractivity contribution in [2.24, 2.45) is 0 Å². The van der Waals surface area contributed by atoms with Gasteiger partial charge in [-0.3, -0.25) is 4.79 Å². The van der Waals surface area contributed by atoms with Gasteiger partial charge in [0.1, 0.15) is 0 Å². The fourth-order valence-corrected chi connectivity index (χ4v) is 4.47. The van der Waals surface area contributed by atoms with E-state index < -0.39 is 0 Å². The lowest BCUT2D eigenvalue weighted by Gasteiger charge is -2.17. The van der Waals surface area contributed by atoms with Gasteiger partial charge in [0.15, 0.2) is 18.9 Å². The van der Waals surface area contributed by atoms with Crippen LogP contribution in [0.1, 0.15) is 35.6 Å². The molecule has 0 bridgehead atoms. The van der Waals surface area contributed by atoms with Crippen LogP contribution in [0.15, 0.2) is 103 Å². The minimum atomic E-state index is -0.0199. The van der Waals surface area contributed by atoms with E-state index in [0.29, 0.717) is 0 Å². The van der Waals surface area contributed by atoms with Gasteiger partial charge in [-0.05, 0) is 71.9 Å². The van der Waals surface area contributed by atoms with Gasteiger partial charge in [0.25, 0.3) is 5.91 Å². The highest BCUT2D eigenvalue weighted by atomic mass is 16.1. The number of hydrogen-bond donors (Lipinski definition) is 1. The molecule has 1 amide bonds. The summed E-state index contributed by atoms with van der Waals surface area (Å²) in [7, 11) is 0. The number of rotatable bonds is 6. The first-order valence-electron chi connectivity index (χ1n) is 11.9. The third-order valence-electron chi connectivity index (χ3n) is 6.44. The summed E-state index contributed by atoms with van der Waals surface area (Å²) in [5.74, 6) is -0.0199. The highest BCUT2D eigenvalue weighted by Crippen LogP contribution is 2.29. The van der Waals surface area contributed by atoms with Crippen LogP contribution in [-0.4, -0.2) is 5.91 Å². The van der Waals surface area contributed by atoms with Crippen LogP contribution in [0.3, 0.4) is 0 Å². The Morgan fingerprint density at radius 1 is 0.853 bits per heavy atom. The van der Waals surface area contributed by atoms with Gasteiger partial charge in [0.05, 0.1) is 0 Å². The molecular weight excluding hydrogens is 416 g/mol. The van der Waals surface area contributed by atoms with Crippen molar-refractivity contribution in [1.82, 2.24) is 0 Å². The van der Waals surface area contributed by atoms with Crippen LogP contribution in [-0.2, 0) is 24.2 Å². The Balaban J connectivity index is 1.28. The molecule has 0 fully saturated rings. The fraction of sp³-hybridized carbons (Fsp3) is 0.161. The van der Waals surface area contributed by atoms with Crippen molar-refractivity contribution in [2.45, 2.75) is 32.7 Å². The molecule has 168 valence electrons. The Labute approximate surface area is 201 Å². The Kier molecular flexibility index (Phi) is 6.35. The fourth-order valence-electron chi connectivity index (χ4n) is 4.47. The van der Waals surface area contributed by atoms with Gasteiger partial charge in [0.2, 0.25) is 0 Å². The summed E-state index contributed by atoms with van der Waals surface area (Å²) in [6.45, 7) is 2.98. The second-order valence-electron chi connectivity index (χ2n) is 8.84. The van der Waals surface area contributed by atoms with E-state index in [0.717, 1.165) is 42.6 Å². The minimum absolute atomic E-state index is 0.0199. The molecule has 1 heterocycles. The van der Waals surface area contributed by atoms with Crippen LogP contribution >= 0.6 is 0 Å². The average Bonchev–Trinajstić information content (AvgIpc) is 2.90. The third kappa shape index (κ3) is 4.99. The Morgan fingerprint density at radius 3 is 2.47 bits per heavy atom. The summed E-state index contributed by atoms with van der Waals surface area (Å²) >= 11 is 0. The van der Waals surface area contributed by atoms with Crippen LogP contribution < -0.4 is 9.88 Å². The number of anilines is 1. The highest BCUT2D eigenvalue weighted by molar-refractivity contribution is 6.07. The summed E-state index contributed by atoms with van der Waals surface area (Å²) in [4.78, 5) is 13.0. The molecule has 0 unspecified atom stereocenters. The van der Waals surface area contributed by atoms with Crippen molar-refractivity contribution in [3.8, 4) is 11.1 Å². The topological polar surface area (TPSA) is 33.0 Å². The zero-order valence-electron chi connectivity index (χ0n) is 19.5. The molecule has 5 rings (SSSR count). The van der Waals surface area contributed by atoms with E-state index in [1.54, 1.807) is 0 Å². The van der Waals surface area contributed by atoms with Crippen molar-refractivity contribution >= 4 is 17.7 Å². The standard InChI is InChI=1S/C31H28N2O/c1-2-23-7-6-18-33(21-23)22-24-10-16-30(17-11-24)32-31(34)28-15-13-26-12-14-27(19-29(26)20-28)25-8-4-3-5-9-25/h3-12,14,16-21H,2,13,15,22H2,1H3/p+1.